The van der Waals surface area contributed by atoms with Gasteiger partial charge in [0.25, 0.3) is 0 Å². The average molecular weight is 378 g/mol. The number of halogens is 1. The lowest BCUT2D eigenvalue weighted by molar-refractivity contribution is -0.145. The Morgan fingerprint density at radius 3 is 2.47 bits per heavy atom. The third-order valence-corrected chi connectivity index (χ3v) is 2.74. The molecule has 19 heavy (non-hydrogen) atoms. The molecule has 1 atom stereocenters. The fourth-order valence-corrected chi connectivity index (χ4v) is 1.81. The Morgan fingerprint density at radius 2 is 1.95 bits per heavy atom. The first-order valence-corrected chi connectivity index (χ1v) is 6.24. The second-order valence-corrected chi connectivity index (χ2v) is 4.84. The molecule has 0 aliphatic carbocycles. The fourth-order valence-electron chi connectivity index (χ4n) is 1.27. The highest BCUT2D eigenvalue weighted by Gasteiger charge is 2.22. The van der Waals surface area contributed by atoms with Gasteiger partial charge in [-0.3, -0.25) is 4.79 Å². The maximum Gasteiger partial charge on any atom is 0.326 e. The van der Waals surface area contributed by atoms with Gasteiger partial charge in [0.15, 0.2) is 0 Å². The van der Waals surface area contributed by atoms with Crippen molar-refractivity contribution in [2.45, 2.75) is 12.5 Å². The van der Waals surface area contributed by atoms with Crippen molar-refractivity contribution >= 4 is 46.2 Å². The highest BCUT2D eigenvalue weighted by Crippen LogP contribution is 2.12. The van der Waals surface area contributed by atoms with Gasteiger partial charge >= 0.3 is 18.0 Å². The number of carbonyl (C=O) groups is 3. The second-order valence-electron chi connectivity index (χ2n) is 3.60. The average Bonchev–Trinajstić information content (AvgIpc) is 2.27. The van der Waals surface area contributed by atoms with Crippen molar-refractivity contribution in [3.63, 3.8) is 0 Å². The van der Waals surface area contributed by atoms with Crippen LogP contribution >= 0.6 is 22.6 Å². The van der Waals surface area contributed by atoms with Crippen LogP contribution in [0.15, 0.2) is 24.3 Å². The summed E-state index contributed by atoms with van der Waals surface area (Å²) in [6, 6.07) is 4.63. The Balaban J connectivity index is 2.62. The van der Waals surface area contributed by atoms with Gasteiger partial charge < -0.3 is 20.8 Å². The van der Waals surface area contributed by atoms with Crippen molar-refractivity contribution < 1.29 is 24.6 Å². The summed E-state index contributed by atoms with van der Waals surface area (Å²) in [5, 5.41) is 21.8. The lowest BCUT2D eigenvalue weighted by Crippen LogP contribution is -2.44. The quantitative estimate of drug-likeness (QED) is 0.578. The van der Waals surface area contributed by atoms with Crippen LogP contribution in [-0.4, -0.2) is 34.2 Å². The number of urea groups is 1. The lowest BCUT2D eigenvalue weighted by atomic mass is 10.2. The normalized spacial score (nSPS) is 11.4. The van der Waals surface area contributed by atoms with Crippen LogP contribution in [0.1, 0.15) is 6.42 Å². The summed E-state index contributed by atoms with van der Waals surface area (Å²) in [6.45, 7) is 0. The number of amides is 2. The highest BCUT2D eigenvalue weighted by molar-refractivity contribution is 14.1. The molecule has 0 spiro atoms. The number of anilines is 1. The SMILES string of the molecule is O=C(O)C[C@H](NC(=O)Nc1cccc(I)c1)C(=O)O. The van der Waals surface area contributed by atoms with E-state index in [2.05, 4.69) is 33.2 Å². The summed E-state index contributed by atoms with van der Waals surface area (Å²) in [5.41, 5.74) is 0.490. The van der Waals surface area contributed by atoms with Crippen molar-refractivity contribution in [1.82, 2.24) is 5.32 Å². The van der Waals surface area contributed by atoms with E-state index in [4.69, 9.17) is 10.2 Å². The van der Waals surface area contributed by atoms with Crippen LogP contribution in [0.4, 0.5) is 10.5 Å². The summed E-state index contributed by atoms with van der Waals surface area (Å²) in [6.07, 6.45) is -0.685. The van der Waals surface area contributed by atoms with Crippen molar-refractivity contribution in [3.8, 4) is 0 Å². The van der Waals surface area contributed by atoms with Crippen LogP contribution in [-0.2, 0) is 9.59 Å². The Kier molecular flexibility index (Phi) is 5.55. The molecule has 7 nitrogen and oxygen atoms in total. The molecule has 1 aromatic rings. The van der Waals surface area contributed by atoms with Gasteiger partial charge in [0, 0.05) is 9.26 Å². The number of benzene rings is 1. The molecule has 0 aliphatic heterocycles. The van der Waals surface area contributed by atoms with Crippen LogP contribution in [0.2, 0.25) is 0 Å². The van der Waals surface area contributed by atoms with Gasteiger partial charge in [-0.1, -0.05) is 6.07 Å². The van der Waals surface area contributed by atoms with Gasteiger partial charge in [-0.05, 0) is 40.8 Å². The van der Waals surface area contributed by atoms with Crippen molar-refractivity contribution in [2.24, 2.45) is 0 Å². The third kappa shape index (κ3) is 5.55. The van der Waals surface area contributed by atoms with Gasteiger partial charge in [-0.25, -0.2) is 9.59 Å². The van der Waals surface area contributed by atoms with Crippen molar-refractivity contribution in [1.29, 1.82) is 0 Å². The molecule has 1 aromatic carbocycles. The van der Waals surface area contributed by atoms with Crippen LogP contribution in [0.5, 0.6) is 0 Å². The molecule has 102 valence electrons. The number of aliphatic carboxylic acids is 2. The van der Waals surface area contributed by atoms with E-state index in [0.29, 0.717) is 5.69 Å². The lowest BCUT2D eigenvalue weighted by Gasteiger charge is -2.13. The van der Waals surface area contributed by atoms with E-state index in [-0.39, 0.29) is 0 Å². The van der Waals surface area contributed by atoms with E-state index < -0.39 is 30.4 Å². The van der Waals surface area contributed by atoms with Crippen molar-refractivity contribution in [2.75, 3.05) is 5.32 Å². The predicted molar refractivity (Wildman–Crippen MR) is 75.0 cm³/mol. The number of carboxylic acids is 2. The second kappa shape index (κ2) is 6.92. The number of carboxylic acid groups (broad SMARTS) is 2. The monoisotopic (exact) mass is 378 g/mol. The summed E-state index contributed by atoms with van der Waals surface area (Å²) in [4.78, 5) is 32.8. The standard InChI is InChI=1S/C11H11IN2O5/c12-6-2-1-3-7(4-6)13-11(19)14-8(10(17)18)5-9(15)16/h1-4,8H,5H2,(H,15,16)(H,17,18)(H2,13,14,19)/t8-/m0/s1. The van der Waals surface area contributed by atoms with Crippen molar-refractivity contribution in [3.05, 3.63) is 27.8 Å². The first kappa shape index (κ1) is 15.2. The molecule has 2 amide bonds. The topological polar surface area (TPSA) is 116 Å². The molecule has 0 unspecified atom stereocenters. The Hall–Kier alpha value is -1.84. The number of rotatable bonds is 5. The Labute approximate surface area is 122 Å². The molecule has 0 saturated heterocycles. The molecule has 1 rings (SSSR count). The van der Waals surface area contributed by atoms with Crippen LogP contribution in [0.3, 0.4) is 0 Å². The smallest absolute Gasteiger partial charge is 0.326 e. The maximum atomic E-state index is 11.5. The summed E-state index contributed by atoms with van der Waals surface area (Å²) >= 11 is 2.06. The predicted octanol–water partition coefficient (Wildman–Crippen LogP) is 1.34. The van der Waals surface area contributed by atoms with Crippen LogP contribution < -0.4 is 10.6 Å². The highest BCUT2D eigenvalue weighted by atomic mass is 127. The molecule has 0 aliphatic rings. The largest absolute Gasteiger partial charge is 0.481 e. The van der Waals surface area contributed by atoms with Gasteiger partial charge in [0.1, 0.15) is 6.04 Å². The third-order valence-electron chi connectivity index (χ3n) is 2.06. The molecule has 8 heteroatoms. The zero-order chi connectivity index (χ0) is 14.4. The first-order chi connectivity index (χ1) is 8.88. The number of nitrogens with one attached hydrogen (secondary N) is 2. The molecule has 0 aromatic heterocycles. The van der Waals surface area contributed by atoms with E-state index in [1.165, 1.54) is 0 Å². The van der Waals surface area contributed by atoms with E-state index in [1.54, 1.807) is 18.2 Å². The summed E-state index contributed by atoms with van der Waals surface area (Å²) in [7, 11) is 0. The minimum atomic E-state index is -1.47. The van der Waals surface area contributed by atoms with E-state index in [0.717, 1.165) is 3.57 Å². The minimum Gasteiger partial charge on any atom is -0.481 e. The van der Waals surface area contributed by atoms with Gasteiger partial charge in [0.2, 0.25) is 0 Å². The zero-order valence-corrected chi connectivity index (χ0v) is 11.7. The molecule has 0 saturated carbocycles. The zero-order valence-electron chi connectivity index (χ0n) is 9.59. The van der Waals surface area contributed by atoms with E-state index >= 15 is 0 Å². The first-order valence-electron chi connectivity index (χ1n) is 5.16. The molecular weight excluding hydrogens is 367 g/mol. The van der Waals surface area contributed by atoms with Gasteiger partial charge in [-0.2, -0.15) is 0 Å². The molecule has 4 N–H and O–H groups in total. The molecule has 0 heterocycles. The van der Waals surface area contributed by atoms with Gasteiger partial charge in [0.05, 0.1) is 6.42 Å². The summed E-state index contributed by atoms with van der Waals surface area (Å²) in [5.74, 6) is -2.71. The fraction of sp³-hybridized carbons (Fsp3) is 0.182. The Morgan fingerprint density at radius 1 is 1.26 bits per heavy atom. The maximum absolute atomic E-state index is 11.5. The minimum absolute atomic E-state index is 0.490. The van der Waals surface area contributed by atoms with Gasteiger partial charge in [-0.15, -0.1) is 0 Å². The molecular formula is C11H11IN2O5. The number of hydrogen-bond acceptors (Lipinski definition) is 3. The van der Waals surface area contributed by atoms with Crippen LogP contribution in [0.25, 0.3) is 0 Å². The number of carbonyl (C=O) groups excluding carboxylic acids is 1. The number of hydrogen-bond donors (Lipinski definition) is 4. The van der Waals surface area contributed by atoms with E-state index in [1.807, 2.05) is 6.07 Å². The van der Waals surface area contributed by atoms with Crippen LogP contribution in [0, 0.1) is 3.57 Å². The molecule has 0 radical (unpaired) electrons. The van der Waals surface area contributed by atoms with E-state index in [9.17, 15) is 14.4 Å². The molecule has 0 bridgehead atoms. The molecule has 0 fully saturated rings. The Bertz CT molecular complexity index is 506. The summed E-state index contributed by atoms with van der Waals surface area (Å²) < 4.78 is 0.899.